The molecule has 0 spiro atoms. The molecule has 1 atom stereocenters. The third kappa shape index (κ3) is 4.73. The maximum absolute atomic E-state index is 5.71. The van der Waals surface area contributed by atoms with Gasteiger partial charge < -0.3 is 5.73 Å². The Balaban J connectivity index is 3.80. The van der Waals surface area contributed by atoms with Crippen LogP contribution in [-0.2, 0) is 0 Å². The monoisotopic (exact) mass is 172 g/mol. The van der Waals surface area contributed by atoms with E-state index in [-0.39, 0.29) is 0 Å². The van der Waals surface area contributed by atoms with Crippen LogP contribution < -0.4 is 5.73 Å². The van der Waals surface area contributed by atoms with E-state index >= 15 is 0 Å². The Morgan fingerprint density at radius 3 is 1.67 bits per heavy atom. The van der Waals surface area contributed by atoms with Gasteiger partial charge in [0.15, 0.2) is 0 Å². The molecule has 0 aliphatic carbocycles. The molecule has 0 saturated carbocycles. The highest BCUT2D eigenvalue weighted by Gasteiger charge is 2.12. The Bertz CT molecular complexity index is 100. The highest BCUT2D eigenvalue weighted by atomic mass is 15.2. The Morgan fingerprint density at radius 1 is 1.00 bits per heavy atom. The van der Waals surface area contributed by atoms with E-state index in [0.29, 0.717) is 18.1 Å². The summed E-state index contributed by atoms with van der Waals surface area (Å²) in [6, 6.07) is 1.58. The lowest BCUT2D eigenvalue weighted by atomic mass is 10.2. The van der Waals surface area contributed by atoms with E-state index in [9.17, 15) is 0 Å². The third-order valence-corrected chi connectivity index (χ3v) is 2.17. The lowest BCUT2D eigenvalue weighted by Gasteiger charge is -2.30. The molecule has 2 N–H and O–H groups in total. The highest BCUT2D eigenvalue weighted by Crippen LogP contribution is 2.06. The summed E-state index contributed by atoms with van der Waals surface area (Å²) in [5.74, 6) is 0. The fourth-order valence-corrected chi connectivity index (χ4v) is 1.47. The van der Waals surface area contributed by atoms with Crippen molar-refractivity contribution in [3.05, 3.63) is 0 Å². The summed E-state index contributed by atoms with van der Waals surface area (Å²) in [6.45, 7) is 12.1. The maximum Gasteiger partial charge on any atom is 0.00413 e. The predicted molar refractivity (Wildman–Crippen MR) is 55.2 cm³/mol. The molecule has 0 amide bonds. The summed E-state index contributed by atoms with van der Waals surface area (Å²) in [6.07, 6.45) is 1.09. The molecule has 0 fully saturated rings. The van der Waals surface area contributed by atoms with Gasteiger partial charge in [-0.15, -0.1) is 0 Å². The first-order valence-corrected chi connectivity index (χ1v) is 4.96. The third-order valence-electron chi connectivity index (χ3n) is 2.17. The van der Waals surface area contributed by atoms with Crippen molar-refractivity contribution in [1.82, 2.24) is 4.90 Å². The van der Waals surface area contributed by atoms with Crippen molar-refractivity contribution in [2.45, 2.75) is 59.2 Å². The first-order valence-electron chi connectivity index (χ1n) is 4.96. The van der Waals surface area contributed by atoms with Crippen molar-refractivity contribution in [3.63, 3.8) is 0 Å². The van der Waals surface area contributed by atoms with Crippen LogP contribution in [0.4, 0.5) is 0 Å². The van der Waals surface area contributed by atoms with Gasteiger partial charge in [0, 0.05) is 24.7 Å². The van der Waals surface area contributed by atoms with E-state index in [1.54, 1.807) is 0 Å². The fraction of sp³-hybridized carbons (Fsp3) is 1.00. The molecule has 74 valence electrons. The minimum absolute atomic E-state index is 0.324. The van der Waals surface area contributed by atoms with Crippen molar-refractivity contribution >= 4 is 0 Å². The molecular weight excluding hydrogens is 148 g/mol. The van der Waals surface area contributed by atoms with Crippen LogP contribution in [0.15, 0.2) is 0 Å². The van der Waals surface area contributed by atoms with Gasteiger partial charge in [0.25, 0.3) is 0 Å². The average molecular weight is 172 g/mol. The number of nitrogens with two attached hydrogens (primary N) is 1. The summed E-state index contributed by atoms with van der Waals surface area (Å²) in [5, 5.41) is 0. The Hall–Kier alpha value is -0.0800. The summed E-state index contributed by atoms with van der Waals surface area (Å²) >= 11 is 0. The summed E-state index contributed by atoms with van der Waals surface area (Å²) in [5.41, 5.74) is 5.71. The number of nitrogens with zero attached hydrogens (tertiary/aromatic N) is 1. The molecule has 0 aromatic carbocycles. The quantitative estimate of drug-likeness (QED) is 0.685. The molecule has 0 aromatic heterocycles. The van der Waals surface area contributed by atoms with Crippen molar-refractivity contribution < 1.29 is 0 Å². The number of hydrogen-bond acceptors (Lipinski definition) is 2. The molecular formula is C10H24N2. The maximum atomic E-state index is 5.71. The minimum atomic E-state index is 0.324. The van der Waals surface area contributed by atoms with E-state index in [1.807, 2.05) is 0 Å². The number of hydrogen-bond donors (Lipinski definition) is 1. The molecule has 2 nitrogen and oxygen atoms in total. The molecule has 0 rings (SSSR count). The SMILES string of the molecule is CC(N)CCN(C(C)C)C(C)C. The van der Waals surface area contributed by atoms with E-state index < -0.39 is 0 Å². The van der Waals surface area contributed by atoms with Gasteiger partial charge in [0.1, 0.15) is 0 Å². The zero-order valence-electron chi connectivity index (χ0n) is 9.17. The molecule has 0 radical (unpaired) electrons. The standard InChI is InChI=1S/C10H24N2/c1-8(2)12(9(3)4)7-6-10(5)11/h8-10H,6-7,11H2,1-5H3. The van der Waals surface area contributed by atoms with Gasteiger partial charge in [-0.05, 0) is 41.0 Å². The summed E-state index contributed by atoms with van der Waals surface area (Å²) < 4.78 is 0. The van der Waals surface area contributed by atoms with Crippen LogP contribution in [0.1, 0.15) is 41.0 Å². The van der Waals surface area contributed by atoms with Crippen LogP contribution in [0.25, 0.3) is 0 Å². The lowest BCUT2D eigenvalue weighted by Crippen LogP contribution is -2.39. The topological polar surface area (TPSA) is 29.3 Å². The minimum Gasteiger partial charge on any atom is -0.328 e. The van der Waals surface area contributed by atoms with Gasteiger partial charge in [-0.1, -0.05) is 0 Å². The van der Waals surface area contributed by atoms with Crippen molar-refractivity contribution in [3.8, 4) is 0 Å². The van der Waals surface area contributed by atoms with Gasteiger partial charge >= 0.3 is 0 Å². The number of rotatable bonds is 5. The first kappa shape index (κ1) is 11.9. The second-order valence-corrected chi connectivity index (χ2v) is 4.19. The van der Waals surface area contributed by atoms with Crippen LogP contribution in [0.3, 0.4) is 0 Å². The second kappa shape index (κ2) is 5.55. The molecule has 0 aliphatic heterocycles. The highest BCUT2D eigenvalue weighted by molar-refractivity contribution is 4.69. The van der Waals surface area contributed by atoms with Crippen molar-refractivity contribution in [2.75, 3.05) is 6.54 Å². The molecule has 0 bridgehead atoms. The zero-order chi connectivity index (χ0) is 9.72. The van der Waals surface area contributed by atoms with Gasteiger partial charge in [-0.3, -0.25) is 4.90 Å². The molecule has 2 heteroatoms. The fourth-order valence-electron chi connectivity index (χ4n) is 1.47. The average Bonchev–Trinajstić information content (AvgIpc) is 1.84. The molecule has 0 heterocycles. The van der Waals surface area contributed by atoms with Crippen LogP contribution >= 0.6 is 0 Å². The molecule has 0 aromatic rings. The van der Waals surface area contributed by atoms with Crippen molar-refractivity contribution in [1.29, 1.82) is 0 Å². The zero-order valence-corrected chi connectivity index (χ0v) is 9.17. The van der Waals surface area contributed by atoms with Crippen LogP contribution in [-0.4, -0.2) is 29.6 Å². The van der Waals surface area contributed by atoms with E-state index in [1.165, 1.54) is 0 Å². The van der Waals surface area contributed by atoms with E-state index in [2.05, 4.69) is 39.5 Å². The Labute approximate surface area is 77.1 Å². The van der Waals surface area contributed by atoms with Crippen molar-refractivity contribution in [2.24, 2.45) is 5.73 Å². The summed E-state index contributed by atoms with van der Waals surface area (Å²) in [4.78, 5) is 2.48. The van der Waals surface area contributed by atoms with Gasteiger partial charge in [0.2, 0.25) is 0 Å². The van der Waals surface area contributed by atoms with Crippen LogP contribution in [0.2, 0.25) is 0 Å². The Morgan fingerprint density at radius 2 is 1.42 bits per heavy atom. The Kier molecular flexibility index (Phi) is 5.51. The van der Waals surface area contributed by atoms with Gasteiger partial charge in [-0.2, -0.15) is 0 Å². The first-order chi connectivity index (χ1) is 5.45. The predicted octanol–water partition coefficient (Wildman–Crippen LogP) is 1.84. The summed E-state index contributed by atoms with van der Waals surface area (Å²) in [7, 11) is 0. The lowest BCUT2D eigenvalue weighted by molar-refractivity contribution is 0.170. The second-order valence-electron chi connectivity index (χ2n) is 4.19. The molecule has 0 saturated heterocycles. The largest absolute Gasteiger partial charge is 0.328 e. The van der Waals surface area contributed by atoms with Gasteiger partial charge in [0.05, 0.1) is 0 Å². The van der Waals surface area contributed by atoms with E-state index in [0.717, 1.165) is 13.0 Å². The van der Waals surface area contributed by atoms with Crippen LogP contribution in [0.5, 0.6) is 0 Å². The van der Waals surface area contributed by atoms with E-state index in [4.69, 9.17) is 5.73 Å². The molecule has 0 aliphatic rings. The molecule has 12 heavy (non-hydrogen) atoms. The normalized spacial score (nSPS) is 14.8. The smallest absolute Gasteiger partial charge is 0.00413 e. The van der Waals surface area contributed by atoms with Gasteiger partial charge in [-0.25, -0.2) is 0 Å². The van der Waals surface area contributed by atoms with Crippen LogP contribution in [0, 0.1) is 0 Å². The molecule has 1 unspecified atom stereocenters.